The summed E-state index contributed by atoms with van der Waals surface area (Å²) in [6.07, 6.45) is 0. The van der Waals surface area contributed by atoms with Crippen LogP contribution in [0.4, 0.5) is 0 Å². The van der Waals surface area contributed by atoms with Gasteiger partial charge in [0, 0.05) is 0 Å². The molecule has 1 N–H and O–H groups in total. The normalized spacial score (nSPS) is 21.6. The molecule has 106 valence electrons. The molecule has 20 heavy (non-hydrogen) atoms. The van der Waals surface area contributed by atoms with Crippen molar-refractivity contribution in [2.45, 2.75) is 33.2 Å². The van der Waals surface area contributed by atoms with Gasteiger partial charge in [-0.3, -0.25) is 4.79 Å². The van der Waals surface area contributed by atoms with Gasteiger partial charge >= 0.3 is 12.0 Å². The number of benzene rings is 1. The Balaban J connectivity index is 2.13. The molecule has 1 unspecified atom stereocenters. The topological polar surface area (TPSA) is 67.8 Å². The molecular weight excluding hydrogens is 256 g/mol. The molecule has 5 nitrogen and oxygen atoms in total. The number of esters is 1. The van der Waals surface area contributed by atoms with Gasteiger partial charge in [0.2, 0.25) is 0 Å². The van der Waals surface area contributed by atoms with Gasteiger partial charge in [-0.05, 0) is 31.4 Å². The molecule has 0 saturated carbocycles. The second-order valence-electron chi connectivity index (χ2n) is 5.41. The standard InChI is InChI=1S/C15H18N2O3/c1-9(2)15(4)13(19)16-14(17-15)20-12(18)11-8-6-5-7-10(11)3/h5-9H,1-4H3,(H,16,17,19). The van der Waals surface area contributed by atoms with E-state index in [4.69, 9.17) is 4.74 Å². The number of ether oxygens (including phenoxy) is 1. The number of hydrogen-bond acceptors (Lipinski definition) is 4. The molecule has 0 saturated heterocycles. The fourth-order valence-corrected chi connectivity index (χ4v) is 1.90. The molecule has 0 aliphatic carbocycles. The Hall–Kier alpha value is -2.17. The van der Waals surface area contributed by atoms with Crippen molar-refractivity contribution in [3.8, 4) is 0 Å². The van der Waals surface area contributed by atoms with Crippen LogP contribution in [0, 0.1) is 12.8 Å². The zero-order chi connectivity index (χ0) is 14.9. The highest BCUT2D eigenvalue weighted by atomic mass is 16.6. The molecule has 0 spiro atoms. The summed E-state index contributed by atoms with van der Waals surface area (Å²) in [4.78, 5) is 27.7. The number of hydrogen-bond donors (Lipinski definition) is 1. The molecule has 1 atom stereocenters. The van der Waals surface area contributed by atoms with Gasteiger partial charge < -0.3 is 10.1 Å². The monoisotopic (exact) mass is 274 g/mol. The van der Waals surface area contributed by atoms with Crippen LogP contribution in [-0.4, -0.2) is 23.4 Å². The summed E-state index contributed by atoms with van der Waals surface area (Å²) in [5.41, 5.74) is 0.457. The van der Waals surface area contributed by atoms with Gasteiger partial charge in [-0.1, -0.05) is 32.0 Å². The van der Waals surface area contributed by atoms with E-state index in [2.05, 4.69) is 10.3 Å². The zero-order valence-electron chi connectivity index (χ0n) is 12.1. The Kier molecular flexibility index (Phi) is 3.61. The third-order valence-electron chi connectivity index (χ3n) is 3.72. The minimum Gasteiger partial charge on any atom is -0.389 e. The number of carbonyl (C=O) groups is 2. The van der Waals surface area contributed by atoms with Crippen molar-refractivity contribution in [1.82, 2.24) is 5.32 Å². The lowest BCUT2D eigenvalue weighted by Gasteiger charge is -2.26. The summed E-state index contributed by atoms with van der Waals surface area (Å²) in [6.45, 7) is 7.39. The van der Waals surface area contributed by atoms with Crippen molar-refractivity contribution < 1.29 is 14.3 Å². The Labute approximate surface area is 118 Å². The largest absolute Gasteiger partial charge is 0.389 e. The van der Waals surface area contributed by atoms with Crippen molar-refractivity contribution in [2.24, 2.45) is 10.9 Å². The van der Waals surface area contributed by atoms with E-state index in [0.29, 0.717) is 5.56 Å². The lowest BCUT2D eigenvalue weighted by molar-refractivity contribution is -0.123. The minimum absolute atomic E-state index is 0.0283. The van der Waals surface area contributed by atoms with Crippen LogP contribution in [0.3, 0.4) is 0 Å². The van der Waals surface area contributed by atoms with Gasteiger partial charge in [0.1, 0.15) is 5.54 Å². The van der Waals surface area contributed by atoms with Crippen LogP contribution >= 0.6 is 0 Å². The molecule has 0 bridgehead atoms. The van der Waals surface area contributed by atoms with E-state index in [1.165, 1.54) is 0 Å². The van der Waals surface area contributed by atoms with E-state index in [1.807, 2.05) is 32.9 Å². The van der Waals surface area contributed by atoms with Crippen LogP contribution in [0.25, 0.3) is 0 Å². The number of aliphatic imine (C=N–C) groups is 1. The minimum atomic E-state index is -0.818. The van der Waals surface area contributed by atoms with Gasteiger partial charge in [0.25, 0.3) is 5.91 Å². The molecule has 1 aromatic carbocycles. The van der Waals surface area contributed by atoms with Gasteiger partial charge in [-0.25, -0.2) is 4.79 Å². The maximum Gasteiger partial charge on any atom is 0.346 e. The maximum absolute atomic E-state index is 12.1. The number of amidine groups is 1. The summed E-state index contributed by atoms with van der Waals surface area (Å²) < 4.78 is 5.17. The molecule has 0 fully saturated rings. The Morgan fingerprint density at radius 2 is 2.00 bits per heavy atom. The SMILES string of the molecule is Cc1ccccc1C(=O)OC1=NC(=O)C(C)(C(C)C)N1. The number of nitrogens with one attached hydrogen (secondary N) is 1. The van der Waals surface area contributed by atoms with Gasteiger partial charge in [0.15, 0.2) is 0 Å². The zero-order valence-corrected chi connectivity index (χ0v) is 12.1. The highest BCUT2D eigenvalue weighted by Gasteiger charge is 2.43. The molecule has 1 aromatic rings. The molecule has 1 aliphatic rings. The van der Waals surface area contributed by atoms with Crippen molar-refractivity contribution in [3.63, 3.8) is 0 Å². The van der Waals surface area contributed by atoms with Crippen LogP contribution in [0.5, 0.6) is 0 Å². The third kappa shape index (κ3) is 2.43. The first-order chi connectivity index (χ1) is 9.34. The van der Waals surface area contributed by atoms with Crippen molar-refractivity contribution in [2.75, 3.05) is 0 Å². The van der Waals surface area contributed by atoms with Crippen LogP contribution in [0.15, 0.2) is 29.3 Å². The Morgan fingerprint density at radius 1 is 1.35 bits per heavy atom. The summed E-state index contributed by atoms with van der Waals surface area (Å²) in [5.74, 6) is -0.802. The summed E-state index contributed by atoms with van der Waals surface area (Å²) in [7, 11) is 0. The first-order valence-corrected chi connectivity index (χ1v) is 6.53. The lowest BCUT2D eigenvalue weighted by atomic mass is 9.89. The third-order valence-corrected chi connectivity index (χ3v) is 3.72. The van der Waals surface area contributed by atoms with Crippen LogP contribution in [-0.2, 0) is 9.53 Å². The molecule has 5 heteroatoms. The smallest absolute Gasteiger partial charge is 0.346 e. The average molecular weight is 274 g/mol. The number of aryl methyl sites for hydroxylation is 1. The predicted molar refractivity (Wildman–Crippen MR) is 75.4 cm³/mol. The van der Waals surface area contributed by atoms with Crippen LogP contribution in [0.1, 0.15) is 36.7 Å². The van der Waals surface area contributed by atoms with E-state index >= 15 is 0 Å². The number of carbonyl (C=O) groups excluding carboxylic acids is 2. The second kappa shape index (κ2) is 5.07. The fourth-order valence-electron chi connectivity index (χ4n) is 1.90. The summed E-state index contributed by atoms with van der Waals surface area (Å²) >= 11 is 0. The van der Waals surface area contributed by atoms with E-state index in [0.717, 1.165) is 5.56 Å². The summed E-state index contributed by atoms with van der Waals surface area (Å²) in [5, 5.41) is 2.89. The first-order valence-electron chi connectivity index (χ1n) is 6.53. The van der Waals surface area contributed by atoms with Crippen LogP contribution in [0.2, 0.25) is 0 Å². The van der Waals surface area contributed by atoms with E-state index < -0.39 is 11.5 Å². The van der Waals surface area contributed by atoms with Crippen molar-refractivity contribution in [3.05, 3.63) is 35.4 Å². The molecule has 1 aliphatic heterocycles. The highest BCUT2D eigenvalue weighted by molar-refractivity contribution is 6.08. The van der Waals surface area contributed by atoms with E-state index in [-0.39, 0.29) is 17.8 Å². The molecule has 2 rings (SSSR count). The second-order valence-corrected chi connectivity index (χ2v) is 5.41. The van der Waals surface area contributed by atoms with Gasteiger partial charge in [-0.2, -0.15) is 4.99 Å². The van der Waals surface area contributed by atoms with E-state index in [9.17, 15) is 9.59 Å². The van der Waals surface area contributed by atoms with Gasteiger partial charge in [0.05, 0.1) is 5.56 Å². The number of rotatable bonds is 2. The first kappa shape index (κ1) is 14.2. The molecule has 0 aromatic heterocycles. The fraction of sp³-hybridized carbons (Fsp3) is 0.400. The highest BCUT2D eigenvalue weighted by Crippen LogP contribution is 2.23. The average Bonchev–Trinajstić information content (AvgIpc) is 2.66. The molecule has 1 heterocycles. The Bertz CT molecular complexity index is 593. The van der Waals surface area contributed by atoms with Gasteiger partial charge in [-0.15, -0.1) is 0 Å². The molecule has 0 radical (unpaired) electrons. The Morgan fingerprint density at radius 3 is 2.55 bits per heavy atom. The van der Waals surface area contributed by atoms with Crippen LogP contribution < -0.4 is 5.32 Å². The van der Waals surface area contributed by atoms with Crippen molar-refractivity contribution >= 4 is 17.9 Å². The molecular formula is C15H18N2O3. The molecule has 1 amide bonds. The van der Waals surface area contributed by atoms with E-state index in [1.54, 1.807) is 19.1 Å². The quantitative estimate of drug-likeness (QED) is 0.838. The van der Waals surface area contributed by atoms with Crippen molar-refractivity contribution in [1.29, 1.82) is 0 Å². The predicted octanol–water partition coefficient (Wildman–Crippen LogP) is 2.05. The number of amides is 1. The number of nitrogens with zero attached hydrogens (tertiary/aromatic N) is 1. The lowest BCUT2D eigenvalue weighted by Crippen LogP contribution is -2.50. The summed E-state index contributed by atoms with van der Waals surface area (Å²) in [6, 6.07) is 7.08. The maximum atomic E-state index is 12.1.